The number of rotatable bonds is 16. The lowest BCUT2D eigenvalue weighted by atomic mass is 9.78. The van der Waals surface area contributed by atoms with Gasteiger partial charge in [0.05, 0.1) is 5.92 Å². The van der Waals surface area contributed by atoms with E-state index in [2.05, 4.69) is 78.5 Å². The van der Waals surface area contributed by atoms with Crippen LogP contribution in [0.4, 0.5) is 0 Å². The molecule has 0 aromatic rings. The largest absolute Gasteiger partial charge is 0.481 e. The molecule has 2 heteroatoms. The third-order valence-electron chi connectivity index (χ3n) is 6.92. The van der Waals surface area contributed by atoms with Gasteiger partial charge in [-0.25, -0.2) is 0 Å². The highest BCUT2D eigenvalue weighted by Gasteiger charge is 2.27. The molecule has 1 N–H and O–H groups in total. The van der Waals surface area contributed by atoms with Crippen molar-refractivity contribution in [2.24, 2.45) is 11.8 Å². The van der Waals surface area contributed by atoms with Gasteiger partial charge in [-0.15, -0.1) is 0 Å². The second kappa shape index (κ2) is 17.4. The van der Waals surface area contributed by atoms with Gasteiger partial charge in [0.25, 0.3) is 0 Å². The summed E-state index contributed by atoms with van der Waals surface area (Å²) in [6, 6.07) is 0. The zero-order chi connectivity index (χ0) is 26.2. The first-order valence-corrected chi connectivity index (χ1v) is 13.7. The fourth-order valence-corrected chi connectivity index (χ4v) is 4.73. The van der Waals surface area contributed by atoms with E-state index in [-0.39, 0.29) is 5.92 Å². The molecule has 0 unspecified atom stereocenters. The first-order chi connectivity index (χ1) is 16.6. The van der Waals surface area contributed by atoms with E-state index < -0.39 is 5.97 Å². The predicted octanol–water partition coefficient (Wildman–Crippen LogP) is 10.3. The maximum Gasteiger partial charge on any atom is 0.306 e. The van der Waals surface area contributed by atoms with Gasteiger partial charge in [0, 0.05) is 0 Å². The molecule has 0 aliphatic heterocycles. The van der Waals surface area contributed by atoms with Crippen molar-refractivity contribution < 1.29 is 9.90 Å². The zero-order valence-corrected chi connectivity index (χ0v) is 23.6. The minimum atomic E-state index is -0.637. The van der Waals surface area contributed by atoms with Crippen LogP contribution in [0, 0.1) is 11.8 Å². The van der Waals surface area contributed by atoms with Crippen LogP contribution in [-0.4, -0.2) is 11.1 Å². The second-order valence-corrected chi connectivity index (χ2v) is 11.2. The van der Waals surface area contributed by atoms with Crippen molar-refractivity contribution >= 4 is 5.97 Å². The Morgan fingerprint density at radius 3 is 1.94 bits per heavy atom. The number of carbonyl (C=O) groups is 1. The summed E-state index contributed by atoms with van der Waals surface area (Å²) in [6.45, 7) is 17.3. The van der Waals surface area contributed by atoms with E-state index in [1.54, 1.807) is 0 Å². The van der Waals surface area contributed by atoms with Crippen molar-refractivity contribution in [3.63, 3.8) is 0 Å². The van der Waals surface area contributed by atoms with Crippen LogP contribution in [0.5, 0.6) is 0 Å². The number of aliphatic carboxylic acids is 1. The molecule has 0 bridgehead atoms. The number of allylic oxidation sites excluding steroid dienone is 11. The zero-order valence-electron chi connectivity index (χ0n) is 23.6. The Kier molecular flexibility index (Phi) is 15.3. The van der Waals surface area contributed by atoms with E-state index in [0.717, 1.165) is 70.6 Å². The highest BCUT2D eigenvalue weighted by molar-refractivity contribution is 5.70. The monoisotopic (exact) mass is 480 g/mol. The quantitative estimate of drug-likeness (QED) is 0.223. The molecule has 0 fully saturated rings. The van der Waals surface area contributed by atoms with E-state index in [4.69, 9.17) is 0 Å². The molecule has 196 valence electrons. The average molecular weight is 481 g/mol. The molecule has 1 rings (SSSR count). The van der Waals surface area contributed by atoms with Crippen LogP contribution in [-0.2, 0) is 4.79 Å². The lowest BCUT2D eigenvalue weighted by molar-refractivity contribution is -0.142. The van der Waals surface area contributed by atoms with Gasteiger partial charge in [0.2, 0.25) is 0 Å². The van der Waals surface area contributed by atoms with Crippen LogP contribution in [0.2, 0.25) is 0 Å². The lowest BCUT2D eigenvalue weighted by Crippen LogP contribution is -2.22. The van der Waals surface area contributed by atoms with E-state index >= 15 is 0 Å². The Hall–Kier alpha value is -2.09. The molecule has 0 saturated heterocycles. The molecular weight excluding hydrogens is 428 g/mol. The standard InChI is InChI=1S/C33H52O2/c1-25(2)12-8-14-27(5)16-10-17-29(7)20-21-31-22-30(23-32(24-31)33(34)35)19-11-18-28(6)15-9-13-26(3)4/h12-13,16,18,22,31-32H,7-11,14-15,17,19-21,23-24H2,1-6H3,(H,34,35)/b27-16+,28-18+/t31-,32+/m0/s1. The molecule has 0 aromatic heterocycles. The van der Waals surface area contributed by atoms with E-state index in [1.165, 1.54) is 33.4 Å². The van der Waals surface area contributed by atoms with Gasteiger partial charge in [-0.1, -0.05) is 70.4 Å². The summed E-state index contributed by atoms with van der Waals surface area (Å²) in [4.78, 5) is 11.8. The van der Waals surface area contributed by atoms with Crippen LogP contribution in [0.25, 0.3) is 0 Å². The van der Waals surface area contributed by atoms with E-state index in [1.807, 2.05) is 0 Å². The van der Waals surface area contributed by atoms with Crippen molar-refractivity contribution in [1.82, 2.24) is 0 Å². The Morgan fingerprint density at radius 2 is 1.40 bits per heavy atom. The third-order valence-corrected chi connectivity index (χ3v) is 6.92. The van der Waals surface area contributed by atoms with E-state index in [9.17, 15) is 9.90 Å². The predicted molar refractivity (Wildman–Crippen MR) is 154 cm³/mol. The molecular formula is C33H52O2. The number of carboxylic acid groups (broad SMARTS) is 1. The smallest absolute Gasteiger partial charge is 0.306 e. The molecule has 0 spiro atoms. The first kappa shape index (κ1) is 30.9. The van der Waals surface area contributed by atoms with E-state index in [0.29, 0.717) is 12.3 Å². The fraction of sp³-hybridized carbons (Fsp3) is 0.606. The maximum absolute atomic E-state index is 11.8. The second-order valence-electron chi connectivity index (χ2n) is 11.2. The fourth-order valence-electron chi connectivity index (χ4n) is 4.73. The van der Waals surface area contributed by atoms with Gasteiger partial charge in [-0.3, -0.25) is 4.79 Å². The molecule has 2 atom stereocenters. The summed E-state index contributed by atoms with van der Waals surface area (Å²) in [5, 5.41) is 9.69. The SMILES string of the molecule is C=C(CC/C=C(\C)CCC=C(C)C)CC[C@H]1C=C(CC/C=C(\C)CCC=C(C)C)C[C@@H](C(=O)O)C1. The maximum atomic E-state index is 11.8. The van der Waals surface area contributed by atoms with Crippen molar-refractivity contribution in [3.05, 3.63) is 70.4 Å². The summed E-state index contributed by atoms with van der Waals surface area (Å²) >= 11 is 0. The van der Waals surface area contributed by atoms with Crippen molar-refractivity contribution in [2.75, 3.05) is 0 Å². The van der Waals surface area contributed by atoms with Crippen molar-refractivity contribution in [2.45, 2.75) is 119 Å². The van der Waals surface area contributed by atoms with Crippen LogP contribution in [0.1, 0.15) is 119 Å². The van der Waals surface area contributed by atoms with Gasteiger partial charge in [-0.05, 0) is 125 Å². The Morgan fingerprint density at radius 1 is 0.857 bits per heavy atom. The highest BCUT2D eigenvalue weighted by atomic mass is 16.4. The minimum absolute atomic E-state index is 0.234. The van der Waals surface area contributed by atoms with Gasteiger partial charge in [-0.2, -0.15) is 0 Å². The number of carboxylic acids is 1. The molecule has 0 heterocycles. The summed E-state index contributed by atoms with van der Waals surface area (Å²) in [5.41, 5.74) is 8.28. The molecule has 1 aliphatic rings. The topological polar surface area (TPSA) is 37.3 Å². The minimum Gasteiger partial charge on any atom is -0.481 e. The van der Waals surface area contributed by atoms with Crippen LogP contribution in [0.15, 0.2) is 70.4 Å². The summed E-state index contributed by atoms with van der Waals surface area (Å²) in [6.07, 6.45) is 23.7. The third kappa shape index (κ3) is 15.5. The Labute approximate surface area is 216 Å². The molecule has 0 saturated carbocycles. The van der Waals surface area contributed by atoms with Gasteiger partial charge >= 0.3 is 5.97 Å². The molecule has 35 heavy (non-hydrogen) atoms. The lowest BCUT2D eigenvalue weighted by Gasteiger charge is -2.26. The van der Waals surface area contributed by atoms with Crippen molar-refractivity contribution in [1.29, 1.82) is 0 Å². The summed E-state index contributed by atoms with van der Waals surface area (Å²) < 4.78 is 0. The summed E-state index contributed by atoms with van der Waals surface area (Å²) in [5.74, 6) is -0.510. The Bertz CT molecular complexity index is 823. The Balaban J connectivity index is 2.51. The summed E-state index contributed by atoms with van der Waals surface area (Å²) in [7, 11) is 0. The van der Waals surface area contributed by atoms with Gasteiger partial charge in [0.1, 0.15) is 0 Å². The molecule has 0 amide bonds. The van der Waals surface area contributed by atoms with Gasteiger partial charge < -0.3 is 5.11 Å². The van der Waals surface area contributed by atoms with Gasteiger partial charge in [0.15, 0.2) is 0 Å². The van der Waals surface area contributed by atoms with Crippen LogP contribution >= 0.6 is 0 Å². The van der Waals surface area contributed by atoms with Crippen LogP contribution < -0.4 is 0 Å². The molecule has 0 radical (unpaired) electrons. The highest BCUT2D eigenvalue weighted by Crippen LogP contribution is 2.34. The number of hydrogen-bond donors (Lipinski definition) is 1. The molecule has 1 aliphatic carbocycles. The normalized spacial score (nSPS) is 18.6. The average Bonchev–Trinajstić information content (AvgIpc) is 2.77. The molecule has 0 aromatic carbocycles. The first-order valence-electron chi connectivity index (χ1n) is 13.7. The van der Waals surface area contributed by atoms with Crippen molar-refractivity contribution in [3.8, 4) is 0 Å². The van der Waals surface area contributed by atoms with Crippen LogP contribution in [0.3, 0.4) is 0 Å². The molecule has 2 nitrogen and oxygen atoms in total. The number of hydrogen-bond acceptors (Lipinski definition) is 1.